The molecular weight excluding hydrogens is 196 g/mol. The third-order valence-electron chi connectivity index (χ3n) is 2.11. The summed E-state index contributed by atoms with van der Waals surface area (Å²) in [6.07, 6.45) is 7.16. The second-order valence-electron chi connectivity index (χ2n) is 3.20. The van der Waals surface area contributed by atoms with Crippen LogP contribution in [-0.4, -0.2) is 36.5 Å². The molecule has 0 bridgehead atoms. The second kappa shape index (κ2) is 6.74. The lowest BCUT2D eigenvalue weighted by Gasteiger charge is -2.10. The molecule has 1 unspecified atom stereocenters. The fraction of sp³-hybridized carbons (Fsp3) is 0.700. The van der Waals surface area contributed by atoms with Gasteiger partial charge < -0.3 is 10.6 Å². The molecule has 1 aliphatic rings. The number of amides is 1. The smallest absolute Gasteiger partial charge is 0.237 e. The van der Waals surface area contributed by atoms with Crippen molar-refractivity contribution in [2.75, 3.05) is 24.6 Å². The molecule has 1 saturated heterocycles. The Bertz CT molecular complexity index is 219. The van der Waals surface area contributed by atoms with Crippen LogP contribution in [0.15, 0.2) is 0 Å². The van der Waals surface area contributed by atoms with E-state index >= 15 is 0 Å². The standard InChI is InChI=1S/C10H16N2OS/c1-2-7-14-8-6-12-10(13)9-4-3-5-11-9/h1,9,11H,3-8H2,(H,12,13). The fourth-order valence-corrected chi connectivity index (χ4v) is 1.92. The zero-order chi connectivity index (χ0) is 10.2. The number of rotatable bonds is 5. The molecule has 4 heteroatoms. The van der Waals surface area contributed by atoms with E-state index < -0.39 is 0 Å². The zero-order valence-electron chi connectivity index (χ0n) is 8.21. The summed E-state index contributed by atoms with van der Waals surface area (Å²) in [4.78, 5) is 11.5. The van der Waals surface area contributed by atoms with E-state index in [0.717, 1.165) is 30.9 Å². The highest BCUT2D eigenvalue weighted by molar-refractivity contribution is 7.99. The van der Waals surface area contributed by atoms with Gasteiger partial charge in [-0.3, -0.25) is 4.79 Å². The molecule has 1 aliphatic heterocycles. The van der Waals surface area contributed by atoms with E-state index in [-0.39, 0.29) is 11.9 Å². The maximum Gasteiger partial charge on any atom is 0.237 e. The first-order valence-electron chi connectivity index (χ1n) is 4.87. The van der Waals surface area contributed by atoms with Gasteiger partial charge in [0, 0.05) is 12.3 Å². The molecule has 1 amide bonds. The van der Waals surface area contributed by atoms with Crippen LogP contribution in [0.4, 0.5) is 0 Å². The molecule has 0 radical (unpaired) electrons. The van der Waals surface area contributed by atoms with Crippen molar-refractivity contribution in [3.05, 3.63) is 0 Å². The monoisotopic (exact) mass is 212 g/mol. The zero-order valence-corrected chi connectivity index (χ0v) is 9.03. The summed E-state index contributed by atoms with van der Waals surface area (Å²) in [5.74, 6) is 4.29. The van der Waals surface area contributed by atoms with Gasteiger partial charge in [0.1, 0.15) is 0 Å². The van der Waals surface area contributed by atoms with E-state index in [2.05, 4.69) is 16.6 Å². The molecule has 3 nitrogen and oxygen atoms in total. The lowest BCUT2D eigenvalue weighted by atomic mass is 10.2. The van der Waals surface area contributed by atoms with Crippen LogP contribution < -0.4 is 10.6 Å². The molecule has 1 fully saturated rings. The molecule has 0 aliphatic carbocycles. The molecule has 0 saturated carbocycles. The van der Waals surface area contributed by atoms with Gasteiger partial charge in [0.25, 0.3) is 0 Å². The molecule has 0 aromatic carbocycles. The summed E-state index contributed by atoms with van der Waals surface area (Å²) in [6.45, 7) is 1.67. The number of hydrogen-bond donors (Lipinski definition) is 2. The maximum atomic E-state index is 11.5. The third-order valence-corrected chi connectivity index (χ3v) is 2.97. The van der Waals surface area contributed by atoms with Gasteiger partial charge in [-0.1, -0.05) is 5.92 Å². The molecule has 14 heavy (non-hydrogen) atoms. The number of carbonyl (C=O) groups is 1. The normalized spacial score (nSPS) is 20.4. The van der Waals surface area contributed by atoms with Gasteiger partial charge in [-0.15, -0.1) is 18.2 Å². The third kappa shape index (κ3) is 4.03. The number of thioether (sulfide) groups is 1. The quantitative estimate of drug-likeness (QED) is 0.506. The average molecular weight is 212 g/mol. The first-order valence-corrected chi connectivity index (χ1v) is 6.02. The Hall–Kier alpha value is -0.660. The van der Waals surface area contributed by atoms with Crippen LogP contribution in [0.5, 0.6) is 0 Å². The minimum absolute atomic E-state index is 0.0348. The van der Waals surface area contributed by atoms with Crippen molar-refractivity contribution in [2.45, 2.75) is 18.9 Å². The van der Waals surface area contributed by atoms with Crippen LogP contribution in [0.1, 0.15) is 12.8 Å². The molecule has 0 aromatic rings. The summed E-state index contributed by atoms with van der Waals surface area (Å²) >= 11 is 1.67. The fourth-order valence-electron chi connectivity index (χ4n) is 1.41. The van der Waals surface area contributed by atoms with Gasteiger partial charge in [-0.25, -0.2) is 0 Å². The molecular formula is C10H16N2OS. The first-order chi connectivity index (χ1) is 6.84. The van der Waals surface area contributed by atoms with E-state index in [0.29, 0.717) is 6.54 Å². The Balaban J connectivity index is 2.00. The van der Waals surface area contributed by atoms with Crippen molar-refractivity contribution in [3.8, 4) is 12.3 Å². The SMILES string of the molecule is C#CCSCCNC(=O)C1CCCN1. The van der Waals surface area contributed by atoms with Crippen LogP contribution in [0.25, 0.3) is 0 Å². The lowest BCUT2D eigenvalue weighted by Crippen LogP contribution is -2.41. The summed E-state index contributed by atoms with van der Waals surface area (Å²) in [7, 11) is 0. The Labute approximate surface area is 89.4 Å². The molecule has 0 aromatic heterocycles. The molecule has 2 N–H and O–H groups in total. The molecule has 78 valence electrons. The summed E-state index contributed by atoms with van der Waals surface area (Å²) in [5.41, 5.74) is 0. The van der Waals surface area contributed by atoms with E-state index in [4.69, 9.17) is 6.42 Å². The number of nitrogens with one attached hydrogen (secondary N) is 2. The summed E-state index contributed by atoms with van der Waals surface area (Å²) in [6, 6.07) is 0.0348. The van der Waals surface area contributed by atoms with Crippen molar-refractivity contribution in [1.29, 1.82) is 0 Å². The van der Waals surface area contributed by atoms with Crippen molar-refractivity contribution in [2.24, 2.45) is 0 Å². The molecule has 1 atom stereocenters. The van der Waals surface area contributed by atoms with E-state index in [1.54, 1.807) is 11.8 Å². The largest absolute Gasteiger partial charge is 0.354 e. The van der Waals surface area contributed by atoms with Gasteiger partial charge in [0.05, 0.1) is 11.8 Å². The topological polar surface area (TPSA) is 41.1 Å². The van der Waals surface area contributed by atoms with E-state index in [1.165, 1.54) is 0 Å². The highest BCUT2D eigenvalue weighted by Gasteiger charge is 2.20. The maximum absolute atomic E-state index is 11.5. The van der Waals surface area contributed by atoms with Crippen molar-refractivity contribution >= 4 is 17.7 Å². The number of carbonyl (C=O) groups excluding carboxylic acids is 1. The van der Waals surface area contributed by atoms with Gasteiger partial charge in [0.15, 0.2) is 0 Å². The van der Waals surface area contributed by atoms with Crippen LogP contribution in [0, 0.1) is 12.3 Å². The van der Waals surface area contributed by atoms with Gasteiger partial charge in [-0.2, -0.15) is 0 Å². The summed E-state index contributed by atoms with van der Waals surface area (Å²) in [5, 5.41) is 6.05. The van der Waals surface area contributed by atoms with Crippen LogP contribution in [0.3, 0.4) is 0 Å². The van der Waals surface area contributed by atoms with Gasteiger partial charge >= 0.3 is 0 Å². The van der Waals surface area contributed by atoms with Crippen LogP contribution >= 0.6 is 11.8 Å². The Morgan fingerprint density at radius 1 is 1.71 bits per heavy atom. The predicted molar refractivity (Wildman–Crippen MR) is 60.2 cm³/mol. The Morgan fingerprint density at radius 2 is 2.57 bits per heavy atom. The lowest BCUT2D eigenvalue weighted by molar-refractivity contribution is -0.122. The number of hydrogen-bond acceptors (Lipinski definition) is 3. The van der Waals surface area contributed by atoms with Gasteiger partial charge in [-0.05, 0) is 19.4 Å². The van der Waals surface area contributed by atoms with Crippen LogP contribution in [0.2, 0.25) is 0 Å². The Kier molecular flexibility index (Phi) is 5.50. The minimum atomic E-state index is 0.0348. The molecule has 0 spiro atoms. The highest BCUT2D eigenvalue weighted by atomic mass is 32.2. The van der Waals surface area contributed by atoms with Crippen LogP contribution in [-0.2, 0) is 4.79 Å². The second-order valence-corrected chi connectivity index (χ2v) is 4.30. The Morgan fingerprint density at radius 3 is 3.21 bits per heavy atom. The van der Waals surface area contributed by atoms with Crippen molar-refractivity contribution in [3.63, 3.8) is 0 Å². The highest BCUT2D eigenvalue weighted by Crippen LogP contribution is 2.04. The average Bonchev–Trinajstić information content (AvgIpc) is 2.70. The number of terminal acetylenes is 1. The van der Waals surface area contributed by atoms with Gasteiger partial charge in [0.2, 0.25) is 5.91 Å². The van der Waals surface area contributed by atoms with Crippen molar-refractivity contribution in [1.82, 2.24) is 10.6 Å². The minimum Gasteiger partial charge on any atom is -0.354 e. The van der Waals surface area contributed by atoms with E-state index in [1.807, 2.05) is 0 Å². The van der Waals surface area contributed by atoms with Crippen molar-refractivity contribution < 1.29 is 4.79 Å². The first kappa shape index (κ1) is 11.4. The van der Waals surface area contributed by atoms with E-state index in [9.17, 15) is 4.79 Å². The summed E-state index contributed by atoms with van der Waals surface area (Å²) < 4.78 is 0. The predicted octanol–water partition coefficient (Wildman–Crippen LogP) is 0.221. The molecule has 1 rings (SSSR count). The molecule has 1 heterocycles.